The van der Waals surface area contributed by atoms with Gasteiger partial charge in [-0.3, -0.25) is 9.59 Å². The third-order valence-electron chi connectivity index (χ3n) is 6.23. The Labute approximate surface area is 164 Å². The topological polar surface area (TPSA) is 81.2 Å². The number of carbonyl (C=O) groups excluding carboxylic acids is 2. The van der Waals surface area contributed by atoms with E-state index in [9.17, 15) is 19.5 Å². The van der Waals surface area contributed by atoms with Crippen molar-refractivity contribution in [2.45, 2.75) is 38.0 Å². The Hall–Kier alpha value is -2.57. The Kier molecular flexibility index (Phi) is 5.24. The van der Waals surface area contributed by atoms with Crippen LogP contribution in [0.3, 0.4) is 0 Å². The second kappa shape index (κ2) is 7.81. The van der Waals surface area contributed by atoms with Gasteiger partial charge in [-0.25, -0.2) is 4.79 Å². The highest BCUT2D eigenvalue weighted by Crippen LogP contribution is 2.36. The van der Waals surface area contributed by atoms with Crippen molar-refractivity contribution < 1.29 is 19.5 Å². The molecule has 0 bridgehead atoms. The van der Waals surface area contributed by atoms with Crippen molar-refractivity contribution >= 4 is 23.6 Å². The van der Waals surface area contributed by atoms with Crippen LogP contribution in [0.2, 0.25) is 0 Å². The first kappa shape index (κ1) is 18.8. The van der Waals surface area contributed by atoms with Crippen molar-refractivity contribution in [2.75, 3.05) is 37.6 Å². The van der Waals surface area contributed by atoms with Gasteiger partial charge in [-0.2, -0.15) is 0 Å². The van der Waals surface area contributed by atoms with Gasteiger partial charge in [-0.05, 0) is 43.7 Å². The Morgan fingerprint density at radius 2 is 1.61 bits per heavy atom. The first-order valence-corrected chi connectivity index (χ1v) is 10.2. The van der Waals surface area contributed by atoms with Crippen molar-refractivity contribution in [2.24, 2.45) is 5.92 Å². The summed E-state index contributed by atoms with van der Waals surface area (Å²) in [4.78, 5) is 43.1. The van der Waals surface area contributed by atoms with Crippen molar-refractivity contribution in [3.8, 4) is 0 Å². The third-order valence-corrected chi connectivity index (χ3v) is 6.23. The Bertz CT molecular complexity index is 775. The fourth-order valence-corrected chi connectivity index (χ4v) is 4.73. The minimum atomic E-state index is -0.848. The Morgan fingerprint density at radius 3 is 2.36 bits per heavy atom. The van der Waals surface area contributed by atoms with Crippen LogP contribution in [0.4, 0.5) is 10.5 Å². The van der Waals surface area contributed by atoms with Crippen LogP contribution < -0.4 is 4.90 Å². The number of carbonyl (C=O) groups is 3. The molecule has 1 aromatic rings. The number of rotatable bonds is 2. The van der Waals surface area contributed by atoms with Crippen LogP contribution in [-0.4, -0.2) is 65.5 Å². The zero-order valence-electron chi connectivity index (χ0n) is 16.0. The van der Waals surface area contributed by atoms with Crippen LogP contribution in [0.1, 0.15) is 43.6 Å². The summed E-state index contributed by atoms with van der Waals surface area (Å²) < 4.78 is 0. The van der Waals surface area contributed by atoms with E-state index < -0.39 is 11.9 Å². The maximum absolute atomic E-state index is 13.3. The number of likely N-dealkylation sites (tertiary alicyclic amines) is 2. The SMILES string of the molecule is O=C(O)C1CCN(C(=O)C2CCCN(C(=O)N3CCCC3)C2)c2ccccc21. The number of amides is 3. The molecular formula is C21H27N3O4. The maximum Gasteiger partial charge on any atom is 0.320 e. The van der Waals surface area contributed by atoms with Gasteiger partial charge < -0.3 is 19.8 Å². The summed E-state index contributed by atoms with van der Waals surface area (Å²) in [6, 6.07) is 7.35. The monoisotopic (exact) mass is 385 g/mol. The molecule has 0 spiro atoms. The number of para-hydroxylation sites is 1. The molecule has 7 nitrogen and oxygen atoms in total. The molecule has 4 rings (SSSR count). The van der Waals surface area contributed by atoms with Gasteiger partial charge in [-0.15, -0.1) is 0 Å². The molecule has 1 aromatic carbocycles. The molecule has 0 aromatic heterocycles. The molecule has 2 atom stereocenters. The maximum atomic E-state index is 13.3. The average molecular weight is 385 g/mol. The van der Waals surface area contributed by atoms with Gasteiger partial charge >= 0.3 is 12.0 Å². The molecule has 3 aliphatic rings. The van der Waals surface area contributed by atoms with Gasteiger partial charge in [0.25, 0.3) is 0 Å². The lowest BCUT2D eigenvalue weighted by Crippen LogP contribution is -2.51. The molecular weight excluding hydrogens is 358 g/mol. The van der Waals surface area contributed by atoms with E-state index in [4.69, 9.17) is 0 Å². The van der Waals surface area contributed by atoms with Crippen LogP contribution in [-0.2, 0) is 9.59 Å². The van der Waals surface area contributed by atoms with E-state index in [0.29, 0.717) is 37.3 Å². The Morgan fingerprint density at radius 1 is 0.893 bits per heavy atom. The predicted molar refractivity (Wildman–Crippen MR) is 104 cm³/mol. The van der Waals surface area contributed by atoms with Crippen LogP contribution in [0, 0.1) is 5.92 Å². The molecule has 28 heavy (non-hydrogen) atoms. The van der Waals surface area contributed by atoms with Crippen LogP contribution in [0.15, 0.2) is 24.3 Å². The number of hydrogen-bond acceptors (Lipinski definition) is 3. The number of nitrogens with zero attached hydrogens (tertiary/aromatic N) is 3. The Balaban J connectivity index is 1.50. The van der Waals surface area contributed by atoms with Crippen molar-refractivity contribution in [3.63, 3.8) is 0 Å². The number of carboxylic acids is 1. The summed E-state index contributed by atoms with van der Waals surface area (Å²) >= 11 is 0. The lowest BCUT2D eigenvalue weighted by Gasteiger charge is -2.39. The molecule has 0 radical (unpaired) electrons. The van der Waals surface area contributed by atoms with Crippen LogP contribution in [0.5, 0.6) is 0 Å². The number of urea groups is 1. The van der Waals surface area contributed by atoms with Gasteiger partial charge in [0.15, 0.2) is 0 Å². The minimum absolute atomic E-state index is 0.00945. The predicted octanol–water partition coefficient (Wildman–Crippen LogP) is 2.52. The number of hydrogen-bond donors (Lipinski definition) is 1. The highest BCUT2D eigenvalue weighted by Gasteiger charge is 2.37. The zero-order valence-corrected chi connectivity index (χ0v) is 16.0. The molecule has 1 N–H and O–H groups in total. The van der Waals surface area contributed by atoms with Gasteiger partial charge in [0.1, 0.15) is 0 Å². The molecule has 2 unspecified atom stereocenters. The summed E-state index contributed by atoms with van der Waals surface area (Å²) in [6.07, 6.45) is 4.11. The number of fused-ring (bicyclic) bond motifs is 1. The first-order valence-electron chi connectivity index (χ1n) is 10.2. The van der Waals surface area contributed by atoms with E-state index in [0.717, 1.165) is 38.8 Å². The highest BCUT2D eigenvalue weighted by molar-refractivity contribution is 5.98. The second-order valence-electron chi connectivity index (χ2n) is 7.99. The van der Waals surface area contributed by atoms with Crippen LogP contribution >= 0.6 is 0 Å². The average Bonchev–Trinajstić information content (AvgIpc) is 3.26. The van der Waals surface area contributed by atoms with E-state index >= 15 is 0 Å². The molecule has 0 aliphatic carbocycles. The van der Waals surface area contributed by atoms with E-state index in [2.05, 4.69) is 0 Å². The van der Waals surface area contributed by atoms with E-state index in [1.54, 1.807) is 11.0 Å². The number of anilines is 1. The molecule has 2 fully saturated rings. The fraction of sp³-hybridized carbons (Fsp3) is 0.571. The summed E-state index contributed by atoms with van der Waals surface area (Å²) in [6.45, 7) is 3.18. The number of piperidine rings is 1. The van der Waals surface area contributed by atoms with Crippen molar-refractivity contribution in [1.29, 1.82) is 0 Å². The highest BCUT2D eigenvalue weighted by atomic mass is 16.4. The largest absolute Gasteiger partial charge is 0.481 e. The van der Waals surface area contributed by atoms with Crippen molar-refractivity contribution in [1.82, 2.24) is 9.80 Å². The van der Waals surface area contributed by atoms with Gasteiger partial charge in [0, 0.05) is 38.4 Å². The minimum Gasteiger partial charge on any atom is -0.481 e. The zero-order chi connectivity index (χ0) is 19.7. The van der Waals surface area contributed by atoms with E-state index in [1.807, 2.05) is 28.0 Å². The lowest BCUT2D eigenvalue weighted by molar-refractivity contribution is -0.139. The molecule has 3 heterocycles. The van der Waals surface area contributed by atoms with E-state index in [1.165, 1.54) is 0 Å². The number of aliphatic carboxylic acids is 1. The molecule has 2 saturated heterocycles. The molecule has 3 amide bonds. The van der Waals surface area contributed by atoms with Gasteiger partial charge in [-0.1, -0.05) is 18.2 Å². The first-order chi connectivity index (χ1) is 13.6. The molecule has 150 valence electrons. The van der Waals surface area contributed by atoms with Gasteiger partial charge in [0.05, 0.1) is 11.8 Å². The molecule has 7 heteroatoms. The summed E-state index contributed by atoms with van der Waals surface area (Å²) in [5.41, 5.74) is 1.41. The van der Waals surface area contributed by atoms with Crippen LogP contribution in [0.25, 0.3) is 0 Å². The lowest BCUT2D eigenvalue weighted by atomic mass is 9.88. The second-order valence-corrected chi connectivity index (χ2v) is 7.99. The fourth-order valence-electron chi connectivity index (χ4n) is 4.73. The number of benzene rings is 1. The standard InChI is InChI=1S/C21H27N3O4/c25-19(15-6-5-12-23(14-15)21(28)22-10-3-4-11-22)24-13-9-17(20(26)27)16-7-1-2-8-18(16)24/h1-2,7-8,15,17H,3-6,9-14H2,(H,26,27). The number of carboxylic acid groups (broad SMARTS) is 1. The molecule has 0 saturated carbocycles. The third kappa shape index (κ3) is 3.45. The summed E-state index contributed by atoms with van der Waals surface area (Å²) in [7, 11) is 0. The normalized spacial score (nSPS) is 24.8. The molecule has 3 aliphatic heterocycles. The summed E-state index contributed by atoms with van der Waals surface area (Å²) in [5.74, 6) is -1.63. The summed E-state index contributed by atoms with van der Waals surface area (Å²) in [5, 5.41) is 9.51. The van der Waals surface area contributed by atoms with Gasteiger partial charge in [0.2, 0.25) is 5.91 Å². The smallest absolute Gasteiger partial charge is 0.320 e. The quantitative estimate of drug-likeness (QED) is 0.848. The van der Waals surface area contributed by atoms with Crippen molar-refractivity contribution in [3.05, 3.63) is 29.8 Å². The van der Waals surface area contributed by atoms with E-state index in [-0.39, 0.29) is 17.9 Å².